The zero-order chi connectivity index (χ0) is 11.5. The Balaban J connectivity index is 2.71. The summed E-state index contributed by atoms with van der Waals surface area (Å²) in [5, 5.41) is -3.35. The highest BCUT2D eigenvalue weighted by Crippen LogP contribution is 2.25. The van der Waals surface area contributed by atoms with E-state index in [9.17, 15) is 8.78 Å². The topological polar surface area (TPSA) is 38.0 Å². The lowest BCUT2D eigenvalue weighted by Crippen LogP contribution is -2.46. The van der Waals surface area contributed by atoms with Crippen LogP contribution in [0, 0.1) is 6.92 Å². The van der Waals surface area contributed by atoms with Gasteiger partial charge in [0.25, 0.3) is 0 Å². The van der Waals surface area contributed by atoms with Crippen molar-refractivity contribution in [1.29, 1.82) is 0 Å². The molecular formula is C10H13ClF2N2. The summed E-state index contributed by atoms with van der Waals surface area (Å²) in [6.07, 6.45) is 0.0906. The van der Waals surface area contributed by atoms with Crippen LogP contribution in [0.5, 0.6) is 0 Å². The van der Waals surface area contributed by atoms with Crippen molar-refractivity contribution in [3.63, 3.8) is 0 Å². The van der Waals surface area contributed by atoms with Gasteiger partial charge in [-0.1, -0.05) is 29.8 Å². The minimum atomic E-state index is -3.35. The molecule has 0 saturated carbocycles. The van der Waals surface area contributed by atoms with Crippen molar-refractivity contribution in [2.45, 2.75) is 24.8 Å². The zero-order valence-corrected chi connectivity index (χ0v) is 9.06. The molecule has 0 aliphatic heterocycles. The summed E-state index contributed by atoms with van der Waals surface area (Å²) in [7, 11) is 0. The van der Waals surface area contributed by atoms with Crippen molar-refractivity contribution in [3.8, 4) is 0 Å². The Morgan fingerprint density at radius 2 is 1.93 bits per heavy atom. The van der Waals surface area contributed by atoms with Crippen molar-refractivity contribution < 1.29 is 8.78 Å². The summed E-state index contributed by atoms with van der Waals surface area (Å²) in [5.41, 5.74) is 3.87. The van der Waals surface area contributed by atoms with Gasteiger partial charge in [-0.05, 0) is 30.5 Å². The Morgan fingerprint density at radius 3 is 2.33 bits per heavy atom. The summed E-state index contributed by atoms with van der Waals surface area (Å²) < 4.78 is 25.5. The van der Waals surface area contributed by atoms with Gasteiger partial charge in [0, 0.05) is 0 Å². The fourth-order valence-electron chi connectivity index (χ4n) is 1.23. The molecule has 0 saturated heterocycles. The summed E-state index contributed by atoms with van der Waals surface area (Å²) >= 11 is 4.90. The monoisotopic (exact) mass is 234 g/mol. The quantitative estimate of drug-likeness (QED) is 0.476. The lowest BCUT2D eigenvalue weighted by molar-refractivity contribution is 0.0503. The van der Waals surface area contributed by atoms with E-state index in [0.29, 0.717) is 0 Å². The first-order valence-electron chi connectivity index (χ1n) is 4.52. The third kappa shape index (κ3) is 3.74. The molecule has 0 spiro atoms. The van der Waals surface area contributed by atoms with Crippen LogP contribution in [0.1, 0.15) is 11.1 Å². The molecule has 0 aliphatic rings. The SMILES string of the molecule is Cc1ccc(CC(NN)C(F)(F)Cl)cc1. The molecule has 1 aromatic rings. The van der Waals surface area contributed by atoms with Crippen LogP contribution in [0.4, 0.5) is 8.78 Å². The maximum atomic E-state index is 12.8. The van der Waals surface area contributed by atoms with E-state index < -0.39 is 11.4 Å². The van der Waals surface area contributed by atoms with E-state index in [-0.39, 0.29) is 6.42 Å². The van der Waals surface area contributed by atoms with Crippen LogP contribution in [-0.2, 0) is 6.42 Å². The number of rotatable bonds is 4. The molecule has 0 fully saturated rings. The smallest absolute Gasteiger partial charge is 0.271 e. The first-order valence-corrected chi connectivity index (χ1v) is 4.89. The van der Waals surface area contributed by atoms with Gasteiger partial charge in [-0.2, -0.15) is 8.78 Å². The van der Waals surface area contributed by atoms with Crippen molar-refractivity contribution in [3.05, 3.63) is 35.4 Å². The predicted molar refractivity (Wildman–Crippen MR) is 56.8 cm³/mol. The first kappa shape index (κ1) is 12.4. The van der Waals surface area contributed by atoms with Gasteiger partial charge in [-0.3, -0.25) is 5.84 Å². The minimum absolute atomic E-state index is 0.0906. The second kappa shape index (κ2) is 4.88. The Labute approximate surface area is 92.4 Å². The Bertz CT molecular complexity index is 308. The molecule has 5 heteroatoms. The number of nitrogens with two attached hydrogens (primary N) is 1. The molecule has 84 valence electrons. The highest BCUT2D eigenvalue weighted by Gasteiger charge is 2.36. The van der Waals surface area contributed by atoms with E-state index in [1.165, 1.54) is 0 Å². The molecule has 0 aromatic heterocycles. The first-order chi connectivity index (χ1) is 6.93. The Hall–Kier alpha value is -0.710. The molecule has 0 bridgehead atoms. The number of hydrogen-bond acceptors (Lipinski definition) is 2. The van der Waals surface area contributed by atoms with Gasteiger partial charge in [0.1, 0.15) is 6.04 Å². The molecule has 15 heavy (non-hydrogen) atoms. The Kier molecular flexibility index (Phi) is 4.02. The molecule has 0 heterocycles. The predicted octanol–water partition coefficient (Wildman–Crippen LogP) is 2.20. The highest BCUT2D eigenvalue weighted by molar-refractivity contribution is 6.22. The molecule has 0 amide bonds. The van der Waals surface area contributed by atoms with Crippen LogP contribution in [0.3, 0.4) is 0 Å². The lowest BCUT2D eigenvalue weighted by atomic mass is 10.1. The fourth-order valence-corrected chi connectivity index (χ4v) is 1.37. The number of halogens is 3. The highest BCUT2D eigenvalue weighted by atomic mass is 35.5. The molecule has 0 radical (unpaired) electrons. The van der Waals surface area contributed by atoms with Crippen LogP contribution < -0.4 is 11.3 Å². The third-order valence-electron chi connectivity index (χ3n) is 2.16. The van der Waals surface area contributed by atoms with Crippen molar-refractivity contribution in [2.75, 3.05) is 0 Å². The van der Waals surface area contributed by atoms with Gasteiger partial charge in [-0.15, -0.1) is 0 Å². The second-order valence-corrected chi connectivity index (χ2v) is 3.95. The van der Waals surface area contributed by atoms with Crippen LogP contribution in [0.2, 0.25) is 0 Å². The fraction of sp³-hybridized carbons (Fsp3) is 0.400. The molecule has 2 nitrogen and oxygen atoms in total. The number of alkyl halides is 3. The molecule has 0 aliphatic carbocycles. The van der Waals surface area contributed by atoms with Crippen molar-refractivity contribution in [1.82, 2.24) is 5.43 Å². The summed E-state index contributed by atoms with van der Waals surface area (Å²) in [4.78, 5) is 0. The van der Waals surface area contributed by atoms with Gasteiger partial charge in [-0.25, -0.2) is 5.43 Å². The number of hydrazine groups is 1. The minimum Gasteiger partial charge on any atom is -0.271 e. The van der Waals surface area contributed by atoms with Gasteiger partial charge < -0.3 is 0 Å². The maximum absolute atomic E-state index is 12.8. The third-order valence-corrected chi connectivity index (χ3v) is 2.42. The number of aryl methyl sites for hydroxylation is 1. The van der Waals surface area contributed by atoms with Crippen LogP contribution in [0.25, 0.3) is 0 Å². The van der Waals surface area contributed by atoms with E-state index >= 15 is 0 Å². The number of hydrogen-bond donors (Lipinski definition) is 2. The van der Waals surface area contributed by atoms with Crippen LogP contribution in [0.15, 0.2) is 24.3 Å². The van der Waals surface area contributed by atoms with Gasteiger partial charge >= 0.3 is 5.38 Å². The molecular weight excluding hydrogens is 222 g/mol. The summed E-state index contributed by atoms with van der Waals surface area (Å²) in [6, 6.07) is 6.01. The molecule has 1 unspecified atom stereocenters. The standard InChI is InChI=1S/C10H13ClF2N2/c1-7-2-4-8(5-3-7)6-9(15-14)10(11,12)13/h2-5,9,15H,6,14H2,1H3. The maximum Gasteiger partial charge on any atom is 0.338 e. The van der Waals surface area contributed by atoms with E-state index in [1.807, 2.05) is 24.5 Å². The van der Waals surface area contributed by atoms with E-state index in [1.54, 1.807) is 12.1 Å². The largest absolute Gasteiger partial charge is 0.338 e. The van der Waals surface area contributed by atoms with Crippen molar-refractivity contribution >= 4 is 11.6 Å². The van der Waals surface area contributed by atoms with Gasteiger partial charge in [0.2, 0.25) is 0 Å². The molecule has 3 N–H and O–H groups in total. The summed E-state index contributed by atoms with van der Waals surface area (Å²) in [5.74, 6) is 5.02. The Morgan fingerprint density at radius 1 is 1.40 bits per heavy atom. The lowest BCUT2D eigenvalue weighted by Gasteiger charge is -2.20. The second-order valence-electron chi connectivity index (χ2n) is 3.45. The summed E-state index contributed by atoms with van der Waals surface area (Å²) in [6.45, 7) is 1.93. The van der Waals surface area contributed by atoms with E-state index in [4.69, 9.17) is 17.4 Å². The molecule has 1 atom stereocenters. The number of benzene rings is 1. The average molecular weight is 235 g/mol. The van der Waals surface area contributed by atoms with Crippen LogP contribution in [-0.4, -0.2) is 11.4 Å². The number of nitrogens with one attached hydrogen (secondary N) is 1. The van der Waals surface area contributed by atoms with E-state index in [2.05, 4.69) is 0 Å². The van der Waals surface area contributed by atoms with Gasteiger partial charge in [0.15, 0.2) is 0 Å². The molecule has 1 aromatic carbocycles. The van der Waals surface area contributed by atoms with E-state index in [0.717, 1.165) is 11.1 Å². The van der Waals surface area contributed by atoms with Crippen molar-refractivity contribution in [2.24, 2.45) is 5.84 Å². The van der Waals surface area contributed by atoms with Crippen LogP contribution >= 0.6 is 11.6 Å². The normalized spacial score (nSPS) is 13.9. The zero-order valence-electron chi connectivity index (χ0n) is 8.31. The van der Waals surface area contributed by atoms with Gasteiger partial charge in [0.05, 0.1) is 0 Å². The molecule has 1 rings (SSSR count). The average Bonchev–Trinajstić information content (AvgIpc) is 2.15.